The fourth-order valence-electron chi connectivity index (χ4n) is 8.07. The lowest BCUT2D eigenvalue weighted by molar-refractivity contribution is -0.134. The van der Waals surface area contributed by atoms with E-state index in [-0.39, 0.29) is 47.6 Å². The molecule has 4 aliphatic heterocycles. The van der Waals surface area contributed by atoms with Gasteiger partial charge in [0.05, 0.1) is 32.3 Å². The Morgan fingerprint density at radius 3 is 2.64 bits per heavy atom. The summed E-state index contributed by atoms with van der Waals surface area (Å²) in [5.41, 5.74) is 1.33. The Kier molecular flexibility index (Phi) is 8.59. The number of piperidine rings is 1. The molecule has 0 aromatic heterocycles. The van der Waals surface area contributed by atoms with Crippen molar-refractivity contribution in [3.8, 4) is 0 Å². The van der Waals surface area contributed by atoms with Gasteiger partial charge in [0.25, 0.3) is 0 Å². The van der Waals surface area contributed by atoms with Gasteiger partial charge in [-0.2, -0.15) is 0 Å². The van der Waals surface area contributed by atoms with E-state index in [1.54, 1.807) is 0 Å². The summed E-state index contributed by atoms with van der Waals surface area (Å²) in [5.74, 6) is 1.13. The fourth-order valence-corrected chi connectivity index (χ4v) is 8.07. The predicted molar refractivity (Wildman–Crippen MR) is 156 cm³/mol. The summed E-state index contributed by atoms with van der Waals surface area (Å²) in [6.45, 7) is 2.34. The first-order chi connectivity index (χ1) is 20.4. The Hall–Kier alpha value is -2.91. The van der Waals surface area contributed by atoms with Crippen molar-refractivity contribution < 1.29 is 34.3 Å². The van der Waals surface area contributed by atoms with Crippen LogP contribution < -0.4 is 0 Å². The first-order valence-corrected chi connectivity index (χ1v) is 15.4. The number of nitrogens with zero attached hydrogens (tertiary/aromatic N) is 1. The Labute approximate surface area is 248 Å². The van der Waals surface area contributed by atoms with Gasteiger partial charge in [-0.15, -0.1) is 0 Å². The minimum Gasteiger partial charge on any atom is -0.492 e. The maximum Gasteiger partial charge on any atom is 0.345 e. The highest BCUT2D eigenvalue weighted by Crippen LogP contribution is 2.51. The van der Waals surface area contributed by atoms with Gasteiger partial charge in [-0.3, -0.25) is 4.90 Å². The van der Waals surface area contributed by atoms with E-state index in [2.05, 4.69) is 54.3 Å². The normalized spacial score (nSPS) is 35.6. The molecule has 0 saturated carbocycles. The Morgan fingerprint density at radius 2 is 1.93 bits per heavy atom. The van der Waals surface area contributed by atoms with E-state index in [0.29, 0.717) is 17.6 Å². The smallest absolute Gasteiger partial charge is 0.345 e. The molecule has 0 amide bonds. The molecule has 0 radical (unpaired) electrons. The quantitative estimate of drug-likeness (QED) is 0.331. The fraction of sp³-hybridized carbons (Fsp3) is 0.559. The second-order valence-electron chi connectivity index (χ2n) is 12.6. The number of benzene rings is 1. The highest BCUT2D eigenvalue weighted by Gasteiger charge is 2.53. The highest BCUT2D eigenvalue weighted by atomic mass is 16.6. The van der Waals surface area contributed by atoms with Gasteiger partial charge in [-0.1, -0.05) is 49.4 Å². The van der Waals surface area contributed by atoms with Crippen molar-refractivity contribution in [1.29, 1.82) is 0 Å². The molecule has 8 heteroatoms. The van der Waals surface area contributed by atoms with Crippen molar-refractivity contribution in [2.75, 3.05) is 26.9 Å². The molecule has 42 heavy (non-hydrogen) atoms. The molecular weight excluding hydrogens is 534 g/mol. The Morgan fingerprint density at radius 1 is 1.12 bits per heavy atom. The molecule has 1 aromatic rings. The van der Waals surface area contributed by atoms with Crippen molar-refractivity contribution in [3.63, 3.8) is 0 Å². The van der Waals surface area contributed by atoms with Crippen molar-refractivity contribution in [2.24, 2.45) is 29.6 Å². The second-order valence-corrected chi connectivity index (χ2v) is 12.6. The molecule has 5 aliphatic rings. The lowest BCUT2D eigenvalue weighted by atomic mass is 9.71. The van der Waals surface area contributed by atoms with Crippen LogP contribution in [-0.2, 0) is 25.4 Å². The molecule has 0 unspecified atom stereocenters. The lowest BCUT2D eigenvalue weighted by Gasteiger charge is -2.50. The van der Waals surface area contributed by atoms with Crippen molar-refractivity contribution in [3.05, 3.63) is 82.7 Å². The van der Waals surface area contributed by atoms with E-state index in [1.165, 1.54) is 12.7 Å². The van der Waals surface area contributed by atoms with E-state index in [0.717, 1.165) is 50.8 Å². The zero-order chi connectivity index (χ0) is 29.4. The third kappa shape index (κ3) is 5.34. The van der Waals surface area contributed by atoms with Gasteiger partial charge in [0.2, 0.25) is 5.76 Å². The van der Waals surface area contributed by atoms with E-state index < -0.39 is 24.6 Å². The van der Waals surface area contributed by atoms with Crippen LogP contribution in [0, 0.1) is 29.6 Å². The van der Waals surface area contributed by atoms with Crippen LogP contribution in [0.15, 0.2) is 77.2 Å². The molecule has 2 saturated heterocycles. The maximum absolute atomic E-state index is 12.5. The molecule has 6 rings (SSSR count). The van der Waals surface area contributed by atoms with Crippen LogP contribution >= 0.6 is 0 Å². The highest BCUT2D eigenvalue weighted by molar-refractivity contribution is 5.94. The molecule has 2 fully saturated rings. The zero-order valence-electron chi connectivity index (χ0n) is 24.5. The monoisotopic (exact) mass is 577 g/mol. The van der Waals surface area contributed by atoms with Gasteiger partial charge in [0, 0.05) is 30.5 Å². The number of fused-ring (bicyclic) bond motifs is 3. The van der Waals surface area contributed by atoms with Crippen molar-refractivity contribution in [1.82, 2.24) is 4.90 Å². The third-order valence-electron chi connectivity index (χ3n) is 9.98. The van der Waals surface area contributed by atoms with E-state index in [1.807, 2.05) is 6.07 Å². The van der Waals surface area contributed by atoms with Crippen LogP contribution in [0.25, 0.3) is 0 Å². The number of carbonyl (C=O) groups is 1. The van der Waals surface area contributed by atoms with Crippen LogP contribution in [0.4, 0.5) is 0 Å². The van der Waals surface area contributed by atoms with E-state index >= 15 is 0 Å². The molecule has 0 spiro atoms. The first-order valence-electron chi connectivity index (χ1n) is 15.4. The molecule has 4 heterocycles. The molecule has 1 aliphatic carbocycles. The number of carbonyl (C=O) groups excluding carboxylic acids is 1. The summed E-state index contributed by atoms with van der Waals surface area (Å²) in [6, 6.07) is 10.5. The van der Waals surface area contributed by atoms with Crippen LogP contribution in [0.1, 0.15) is 44.6 Å². The molecule has 226 valence electrons. The van der Waals surface area contributed by atoms with Crippen LogP contribution in [0.5, 0.6) is 0 Å². The molecule has 3 N–H and O–H groups in total. The number of rotatable bonds is 7. The number of hydrogen-bond donors (Lipinski definition) is 3. The number of cyclic esters (lactones) is 1. The largest absolute Gasteiger partial charge is 0.492 e. The number of esters is 1. The Bertz CT molecular complexity index is 1280. The standard InChI is InChI=1S/C34H43NO7/c1-20-8-6-11-23(14-20)30(38)27-17-22(15-21-9-4-3-5-10-21)16-26-29-24(18-36)32(41-28(29)12-7-13-35(26)27)33-31(40-2)25(19-37)34(39)42-33/h3-6,9-12,20,22-24,26-27,29-30,36-38H,7-8,13-19H2,1-2H3/b33-32+/t20-,22+,23-,24+,26+,27+,29-,30+/m1/s1. The summed E-state index contributed by atoms with van der Waals surface area (Å²) in [7, 11) is 1.43. The number of aliphatic hydroxyl groups excluding tert-OH is 3. The van der Waals surface area contributed by atoms with Gasteiger partial charge in [0.15, 0.2) is 11.5 Å². The minimum absolute atomic E-state index is 0.0190. The van der Waals surface area contributed by atoms with Gasteiger partial charge < -0.3 is 29.5 Å². The number of hydrogen-bond acceptors (Lipinski definition) is 8. The average Bonchev–Trinajstić information content (AvgIpc) is 3.47. The number of allylic oxidation sites excluding steroid dienone is 1. The van der Waals surface area contributed by atoms with Crippen LogP contribution in [-0.4, -0.2) is 71.2 Å². The summed E-state index contributed by atoms with van der Waals surface area (Å²) in [4.78, 5) is 15.0. The minimum atomic E-state index is -0.668. The zero-order valence-corrected chi connectivity index (χ0v) is 24.5. The SMILES string of the molecule is COC1=C(CO)C(=O)O/C1=C1/OC2=CCCN3[C@H]([C@@H](O)[C@@H]4C=CC[C@@H](C)C4)C[C@@H](Cc4ccccc4)C[C@H]3[C@H]2[C@@H]1CO. The molecule has 8 atom stereocenters. The van der Waals surface area contributed by atoms with E-state index in [4.69, 9.17) is 14.2 Å². The Balaban J connectivity index is 1.37. The number of aliphatic hydroxyl groups is 3. The van der Waals surface area contributed by atoms with Gasteiger partial charge >= 0.3 is 5.97 Å². The summed E-state index contributed by atoms with van der Waals surface area (Å²) in [5, 5.41) is 32.6. The topological polar surface area (TPSA) is 109 Å². The van der Waals surface area contributed by atoms with E-state index in [9.17, 15) is 20.1 Å². The van der Waals surface area contributed by atoms with Gasteiger partial charge in [-0.05, 0) is 62.0 Å². The number of methoxy groups -OCH3 is 1. The average molecular weight is 578 g/mol. The van der Waals surface area contributed by atoms with Crippen molar-refractivity contribution in [2.45, 2.75) is 63.6 Å². The van der Waals surface area contributed by atoms with Crippen LogP contribution in [0.3, 0.4) is 0 Å². The van der Waals surface area contributed by atoms with Crippen molar-refractivity contribution >= 4 is 5.97 Å². The molecular formula is C34H43NO7. The van der Waals surface area contributed by atoms with Gasteiger partial charge in [-0.25, -0.2) is 4.79 Å². The summed E-state index contributed by atoms with van der Waals surface area (Å²) < 4.78 is 17.5. The lowest BCUT2D eigenvalue weighted by Crippen LogP contribution is -2.58. The number of ether oxygens (including phenoxy) is 3. The molecule has 1 aromatic carbocycles. The maximum atomic E-state index is 12.5. The third-order valence-corrected chi connectivity index (χ3v) is 9.98. The molecule has 8 nitrogen and oxygen atoms in total. The van der Waals surface area contributed by atoms with Crippen LogP contribution in [0.2, 0.25) is 0 Å². The first kappa shape index (κ1) is 29.2. The summed E-state index contributed by atoms with van der Waals surface area (Å²) in [6.07, 6.45) is 11.5. The summed E-state index contributed by atoms with van der Waals surface area (Å²) >= 11 is 0. The second kappa shape index (κ2) is 12.4. The molecule has 0 bridgehead atoms. The predicted octanol–water partition coefficient (Wildman–Crippen LogP) is 3.85. The van der Waals surface area contributed by atoms with Gasteiger partial charge in [0.1, 0.15) is 11.3 Å².